The number of azo groups is 1. The highest BCUT2D eigenvalue weighted by Gasteiger charge is 2.56. The number of alkyl halides is 1. The van der Waals surface area contributed by atoms with Crippen molar-refractivity contribution in [2.45, 2.75) is 51.4 Å². The van der Waals surface area contributed by atoms with Gasteiger partial charge in [0.05, 0.1) is 23.0 Å². The molecule has 0 amide bonds. The third kappa shape index (κ3) is 2.68. The van der Waals surface area contributed by atoms with Crippen molar-refractivity contribution in [2.24, 2.45) is 22.7 Å². The van der Waals surface area contributed by atoms with Gasteiger partial charge in [-0.2, -0.15) is 15.3 Å². The summed E-state index contributed by atoms with van der Waals surface area (Å²) in [4.78, 5) is 13.5. The molecule has 1 unspecified atom stereocenters. The summed E-state index contributed by atoms with van der Waals surface area (Å²) >= 11 is 0. The van der Waals surface area contributed by atoms with Crippen LogP contribution in [0.25, 0.3) is 11.3 Å². The van der Waals surface area contributed by atoms with Crippen molar-refractivity contribution >= 4 is 5.78 Å². The first kappa shape index (κ1) is 19.8. The lowest BCUT2D eigenvalue weighted by Crippen LogP contribution is -2.55. The minimum atomic E-state index is -1.27. The van der Waals surface area contributed by atoms with Gasteiger partial charge in [-0.1, -0.05) is 39.0 Å². The fourth-order valence-corrected chi connectivity index (χ4v) is 5.41. The molecule has 1 aromatic carbocycles. The molecular formula is C24H26FN5O. The summed E-state index contributed by atoms with van der Waals surface area (Å²) in [7, 11) is 1.90. The van der Waals surface area contributed by atoms with E-state index < -0.39 is 23.2 Å². The molecule has 0 fully saturated rings. The standard InChI is InChI=1S/C24H26FN5O/c1-5-24(15-8-6-7-14(11-15)17-9-10-27-30(17)4)16-13-26-29-22(16)28-20-19(24)18(31)12-23(2,3)21(20)25/h6-11,13,21-22,28H,5,12H2,1-4H3/t21-,22?,24-/m1/s1. The zero-order valence-electron chi connectivity index (χ0n) is 18.2. The maximum Gasteiger partial charge on any atom is 0.164 e. The van der Waals surface area contributed by atoms with Crippen LogP contribution in [0.2, 0.25) is 0 Å². The number of halogens is 1. The highest BCUT2D eigenvalue weighted by molar-refractivity contribution is 6.02. The third-order valence-corrected chi connectivity index (χ3v) is 6.99. The van der Waals surface area contributed by atoms with Crippen LogP contribution in [-0.4, -0.2) is 27.9 Å². The monoisotopic (exact) mass is 419 g/mol. The maximum atomic E-state index is 15.7. The number of benzene rings is 1. The van der Waals surface area contributed by atoms with E-state index in [1.165, 1.54) is 0 Å². The molecule has 1 N–H and O–H groups in total. The Bertz CT molecular complexity index is 1170. The van der Waals surface area contributed by atoms with E-state index in [2.05, 4.69) is 26.7 Å². The summed E-state index contributed by atoms with van der Waals surface area (Å²) in [6, 6.07) is 10.1. The lowest BCUT2D eigenvalue weighted by Gasteiger charge is -2.49. The van der Waals surface area contributed by atoms with E-state index in [0.29, 0.717) is 17.7 Å². The Morgan fingerprint density at radius 2 is 2.10 bits per heavy atom. The lowest BCUT2D eigenvalue weighted by molar-refractivity contribution is -0.120. The molecule has 0 saturated heterocycles. The lowest BCUT2D eigenvalue weighted by atomic mass is 9.58. The predicted octanol–water partition coefficient (Wildman–Crippen LogP) is 4.61. The molecule has 1 aromatic heterocycles. The minimum absolute atomic E-state index is 0.0135. The maximum absolute atomic E-state index is 15.7. The van der Waals surface area contributed by atoms with Crippen LogP contribution in [-0.2, 0) is 17.3 Å². The Labute approximate surface area is 180 Å². The summed E-state index contributed by atoms with van der Waals surface area (Å²) in [5.41, 5.74) is 3.17. The number of aromatic nitrogens is 2. The molecule has 160 valence electrons. The van der Waals surface area contributed by atoms with Gasteiger partial charge in [0, 0.05) is 41.8 Å². The Hall–Kier alpha value is -3.09. The molecule has 3 heterocycles. The molecule has 6 nitrogen and oxygen atoms in total. The third-order valence-electron chi connectivity index (χ3n) is 6.99. The number of allylic oxidation sites excluding steroid dienone is 2. The highest BCUT2D eigenvalue weighted by Crippen LogP contribution is 2.54. The second-order valence-corrected chi connectivity index (χ2v) is 9.28. The molecule has 0 bridgehead atoms. The molecule has 3 aliphatic rings. The number of nitrogens with zero attached hydrogens (tertiary/aromatic N) is 4. The normalized spacial score (nSPS) is 28.8. The summed E-state index contributed by atoms with van der Waals surface area (Å²) in [6.07, 6.45) is 2.54. The van der Waals surface area contributed by atoms with Crippen molar-refractivity contribution < 1.29 is 9.18 Å². The summed E-state index contributed by atoms with van der Waals surface area (Å²) < 4.78 is 17.5. The topological polar surface area (TPSA) is 71.6 Å². The van der Waals surface area contributed by atoms with Crippen molar-refractivity contribution in [3.63, 3.8) is 0 Å². The fourth-order valence-electron chi connectivity index (χ4n) is 5.41. The number of hydrogen-bond donors (Lipinski definition) is 1. The Balaban J connectivity index is 1.78. The number of rotatable bonds is 3. The molecule has 5 rings (SSSR count). The van der Waals surface area contributed by atoms with Crippen molar-refractivity contribution in [2.75, 3.05) is 0 Å². The molecule has 31 heavy (non-hydrogen) atoms. The van der Waals surface area contributed by atoms with E-state index in [4.69, 9.17) is 0 Å². The number of ketones is 1. The molecule has 2 aliphatic heterocycles. The van der Waals surface area contributed by atoms with E-state index in [0.717, 1.165) is 22.4 Å². The van der Waals surface area contributed by atoms with Crippen molar-refractivity contribution in [3.05, 3.63) is 65.1 Å². The molecule has 0 spiro atoms. The van der Waals surface area contributed by atoms with Crippen molar-refractivity contribution in [1.29, 1.82) is 0 Å². The van der Waals surface area contributed by atoms with E-state index in [1.807, 2.05) is 42.9 Å². The van der Waals surface area contributed by atoms with Crippen LogP contribution in [0, 0.1) is 5.41 Å². The first-order chi connectivity index (χ1) is 14.8. The minimum Gasteiger partial charge on any atom is -0.359 e. The number of hydrogen-bond acceptors (Lipinski definition) is 5. The number of nitrogens with one attached hydrogen (secondary N) is 1. The summed E-state index contributed by atoms with van der Waals surface area (Å²) in [6.45, 7) is 5.65. The van der Waals surface area contributed by atoms with Crippen LogP contribution in [0.5, 0.6) is 0 Å². The SMILES string of the molecule is CC[C@@]1(c2cccc(-c3ccnn3C)c2)C2=CN=NC2NC2=C1C(=O)CC(C)(C)[C@@H]2F. The zero-order chi connectivity index (χ0) is 22.0. The van der Waals surface area contributed by atoms with Crippen LogP contribution < -0.4 is 5.32 Å². The fraction of sp³-hybridized carbons (Fsp3) is 0.417. The van der Waals surface area contributed by atoms with Crippen LogP contribution in [0.1, 0.15) is 39.2 Å². The van der Waals surface area contributed by atoms with Gasteiger partial charge in [0.25, 0.3) is 0 Å². The number of aryl methyl sites for hydroxylation is 1. The number of carbonyl (C=O) groups excluding carboxylic acids is 1. The van der Waals surface area contributed by atoms with Crippen LogP contribution in [0.4, 0.5) is 4.39 Å². The van der Waals surface area contributed by atoms with Crippen molar-refractivity contribution in [1.82, 2.24) is 15.1 Å². The molecule has 7 heteroatoms. The molecule has 0 saturated carbocycles. The molecule has 0 radical (unpaired) electrons. The predicted molar refractivity (Wildman–Crippen MR) is 116 cm³/mol. The van der Waals surface area contributed by atoms with Gasteiger partial charge < -0.3 is 5.32 Å². The van der Waals surface area contributed by atoms with E-state index in [1.54, 1.807) is 26.2 Å². The first-order valence-electron chi connectivity index (χ1n) is 10.7. The van der Waals surface area contributed by atoms with E-state index >= 15 is 4.39 Å². The van der Waals surface area contributed by atoms with Crippen LogP contribution >= 0.6 is 0 Å². The highest BCUT2D eigenvalue weighted by atomic mass is 19.1. The quantitative estimate of drug-likeness (QED) is 0.790. The summed E-state index contributed by atoms with van der Waals surface area (Å²) in [5, 5.41) is 15.9. The number of Topliss-reactive ketones (excluding diaryl/α,β-unsaturated/α-hetero) is 1. The van der Waals surface area contributed by atoms with Gasteiger partial charge in [0.1, 0.15) is 6.17 Å². The molecule has 3 atom stereocenters. The molecule has 1 aliphatic carbocycles. The largest absolute Gasteiger partial charge is 0.359 e. The van der Waals surface area contributed by atoms with E-state index in [9.17, 15) is 4.79 Å². The Kier molecular flexibility index (Phi) is 4.29. The van der Waals surface area contributed by atoms with Crippen LogP contribution in [0.3, 0.4) is 0 Å². The number of carbonyl (C=O) groups is 1. The number of fused-ring (bicyclic) bond motifs is 1. The average Bonchev–Trinajstić information content (AvgIpc) is 3.39. The van der Waals surface area contributed by atoms with Gasteiger partial charge in [-0.15, -0.1) is 0 Å². The summed E-state index contributed by atoms with van der Waals surface area (Å²) in [5.74, 6) is -0.0135. The smallest absolute Gasteiger partial charge is 0.164 e. The average molecular weight is 420 g/mol. The van der Waals surface area contributed by atoms with Gasteiger partial charge in [-0.25, -0.2) is 4.39 Å². The van der Waals surface area contributed by atoms with Gasteiger partial charge in [-0.3, -0.25) is 9.48 Å². The zero-order valence-corrected chi connectivity index (χ0v) is 18.2. The second-order valence-electron chi connectivity index (χ2n) is 9.28. The van der Waals surface area contributed by atoms with Gasteiger partial charge in [0.15, 0.2) is 11.9 Å². The van der Waals surface area contributed by atoms with Gasteiger partial charge in [-0.05, 0) is 24.1 Å². The van der Waals surface area contributed by atoms with Gasteiger partial charge >= 0.3 is 0 Å². The molecular weight excluding hydrogens is 393 g/mol. The van der Waals surface area contributed by atoms with Crippen molar-refractivity contribution in [3.8, 4) is 11.3 Å². The van der Waals surface area contributed by atoms with E-state index in [-0.39, 0.29) is 12.2 Å². The molecule has 2 aromatic rings. The van der Waals surface area contributed by atoms with Crippen LogP contribution in [0.15, 0.2) is 69.8 Å². The van der Waals surface area contributed by atoms with Gasteiger partial charge in [0.2, 0.25) is 0 Å². The Morgan fingerprint density at radius 1 is 1.29 bits per heavy atom. The Morgan fingerprint density at radius 3 is 2.81 bits per heavy atom. The first-order valence-corrected chi connectivity index (χ1v) is 10.7. The second kappa shape index (κ2) is 6.70.